The van der Waals surface area contributed by atoms with E-state index in [1.807, 2.05) is 17.8 Å². The molecule has 1 N–H and O–H groups in total. The highest BCUT2D eigenvalue weighted by Crippen LogP contribution is 2.59. The monoisotopic (exact) mass is 379 g/mol. The molecule has 4 aliphatic carbocycles. The minimum Gasteiger partial charge on any atom is -0.355 e. The molecule has 0 saturated heterocycles. The first-order valence-electron chi connectivity index (χ1n) is 8.98. The van der Waals surface area contributed by atoms with E-state index in [9.17, 15) is 4.79 Å². The maximum Gasteiger partial charge on any atom is 0.221 e. The number of nitrogens with zero attached hydrogens (tertiary/aromatic N) is 2. The van der Waals surface area contributed by atoms with Crippen LogP contribution in [0.2, 0.25) is 0 Å². The summed E-state index contributed by atoms with van der Waals surface area (Å²) in [5.41, 5.74) is 1.40. The van der Waals surface area contributed by atoms with Crippen LogP contribution in [0.25, 0.3) is 0 Å². The molecule has 0 aromatic carbocycles. The van der Waals surface area contributed by atoms with Gasteiger partial charge in [0.25, 0.3) is 0 Å². The van der Waals surface area contributed by atoms with Crippen molar-refractivity contribution in [2.45, 2.75) is 58.4 Å². The second-order valence-electron chi connectivity index (χ2n) is 8.27. The van der Waals surface area contributed by atoms with Gasteiger partial charge in [-0.05, 0) is 84.5 Å². The van der Waals surface area contributed by atoms with Gasteiger partial charge in [0.2, 0.25) is 5.91 Å². The Morgan fingerprint density at radius 2 is 1.91 bits per heavy atom. The Bertz CT molecular complexity index is 555. The van der Waals surface area contributed by atoms with Gasteiger partial charge in [-0.3, -0.25) is 9.48 Å². The molecule has 1 aromatic rings. The standard InChI is InChI=1S/C18H26BrN3O/c1-12-16(19)10-22(21-12)3-2-17(23)20-11-18-7-13-4-14(8-18)6-15(5-13)9-18/h10,13-15H,2-9,11H2,1H3,(H,20,23). The fourth-order valence-corrected chi connectivity index (χ4v) is 6.02. The third-order valence-electron chi connectivity index (χ3n) is 6.28. The lowest BCUT2D eigenvalue weighted by Gasteiger charge is -2.56. The summed E-state index contributed by atoms with van der Waals surface area (Å²) in [6.07, 6.45) is 10.9. The Balaban J connectivity index is 1.28. The van der Waals surface area contributed by atoms with Gasteiger partial charge in [-0.25, -0.2) is 0 Å². The lowest BCUT2D eigenvalue weighted by atomic mass is 9.49. The minimum absolute atomic E-state index is 0.171. The molecule has 0 atom stereocenters. The molecule has 0 unspecified atom stereocenters. The Hall–Kier alpha value is -0.840. The lowest BCUT2D eigenvalue weighted by molar-refractivity contribution is -0.123. The molecular weight excluding hydrogens is 354 g/mol. The summed E-state index contributed by atoms with van der Waals surface area (Å²) in [7, 11) is 0. The van der Waals surface area contributed by atoms with Crippen LogP contribution in [0.1, 0.15) is 50.6 Å². The molecule has 5 rings (SSSR count). The Labute approximate surface area is 146 Å². The molecule has 0 radical (unpaired) electrons. The number of carbonyl (C=O) groups is 1. The van der Waals surface area contributed by atoms with Crippen LogP contribution in [0, 0.1) is 30.1 Å². The summed E-state index contributed by atoms with van der Waals surface area (Å²) in [6.45, 7) is 3.52. The van der Waals surface area contributed by atoms with Crippen molar-refractivity contribution < 1.29 is 4.79 Å². The molecule has 126 valence electrons. The van der Waals surface area contributed by atoms with Crippen LogP contribution >= 0.6 is 15.9 Å². The topological polar surface area (TPSA) is 46.9 Å². The molecule has 1 amide bonds. The van der Waals surface area contributed by atoms with Crippen LogP contribution in [0.5, 0.6) is 0 Å². The van der Waals surface area contributed by atoms with Gasteiger partial charge < -0.3 is 5.32 Å². The summed E-state index contributed by atoms with van der Waals surface area (Å²) in [5, 5.41) is 7.63. The quantitative estimate of drug-likeness (QED) is 0.847. The number of hydrogen-bond acceptors (Lipinski definition) is 2. The van der Waals surface area contributed by atoms with Crippen LogP contribution in [0.15, 0.2) is 10.7 Å². The molecule has 4 nitrogen and oxygen atoms in total. The van der Waals surface area contributed by atoms with Gasteiger partial charge in [0, 0.05) is 25.7 Å². The van der Waals surface area contributed by atoms with Crippen molar-refractivity contribution in [2.24, 2.45) is 23.2 Å². The molecular formula is C18H26BrN3O. The van der Waals surface area contributed by atoms with Crippen molar-refractivity contribution >= 4 is 21.8 Å². The number of nitrogens with one attached hydrogen (secondary N) is 1. The van der Waals surface area contributed by atoms with Crippen LogP contribution in [-0.4, -0.2) is 22.2 Å². The molecule has 0 aliphatic heterocycles. The highest BCUT2D eigenvalue weighted by molar-refractivity contribution is 9.10. The molecule has 5 heteroatoms. The number of carbonyl (C=O) groups excluding carboxylic acids is 1. The third kappa shape index (κ3) is 3.21. The van der Waals surface area contributed by atoms with Crippen LogP contribution in [0.4, 0.5) is 0 Å². The second-order valence-corrected chi connectivity index (χ2v) is 9.12. The van der Waals surface area contributed by atoms with Gasteiger partial charge >= 0.3 is 0 Å². The molecule has 1 aromatic heterocycles. The van der Waals surface area contributed by atoms with Gasteiger partial charge in [0.05, 0.1) is 10.2 Å². The SMILES string of the molecule is Cc1nn(CCC(=O)NCC23CC4CC(CC(C4)C2)C3)cc1Br. The van der Waals surface area contributed by atoms with Crippen molar-refractivity contribution in [3.63, 3.8) is 0 Å². The molecule has 4 bridgehead atoms. The van der Waals surface area contributed by atoms with Gasteiger partial charge in [0.15, 0.2) is 0 Å². The van der Waals surface area contributed by atoms with E-state index in [0.29, 0.717) is 18.4 Å². The van der Waals surface area contributed by atoms with E-state index in [-0.39, 0.29) is 5.91 Å². The number of rotatable bonds is 5. The van der Waals surface area contributed by atoms with Gasteiger partial charge in [-0.1, -0.05) is 0 Å². The van der Waals surface area contributed by atoms with Crippen molar-refractivity contribution in [1.29, 1.82) is 0 Å². The predicted octanol–water partition coefficient (Wildman–Crippen LogP) is 3.68. The Kier molecular flexibility index (Phi) is 4.02. The highest BCUT2D eigenvalue weighted by Gasteiger charge is 2.50. The average molecular weight is 380 g/mol. The molecule has 4 aliphatic rings. The van der Waals surface area contributed by atoms with Crippen molar-refractivity contribution in [3.8, 4) is 0 Å². The second kappa shape index (κ2) is 5.91. The molecule has 0 spiro atoms. The fraction of sp³-hybridized carbons (Fsp3) is 0.778. The minimum atomic E-state index is 0.171. The van der Waals surface area contributed by atoms with E-state index < -0.39 is 0 Å². The number of aryl methyl sites for hydroxylation is 2. The number of amides is 1. The van der Waals surface area contributed by atoms with E-state index in [1.165, 1.54) is 38.5 Å². The summed E-state index contributed by atoms with van der Waals surface area (Å²) in [5.74, 6) is 3.01. The zero-order valence-electron chi connectivity index (χ0n) is 13.9. The lowest BCUT2D eigenvalue weighted by Crippen LogP contribution is -2.51. The smallest absolute Gasteiger partial charge is 0.221 e. The molecule has 4 fully saturated rings. The zero-order chi connectivity index (χ0) is 16.0. The first-order valence-corrected chi connectivity index (χ1v) is 9.77. The highest BCUT2D eigenvalue weighted by atomic mass is 79.9. The Morgan fingerprint density at radius 1 is 1.30 bits per heavy atom. The van der Waals surface area contributed by atoms with E-state index >= 15 is 0 Å². The largest absolute Gasteiger partial charge is 0.355 e. The van der Waals surface area contributed by atoms with Crippen LogP contribution < -0.4 is 5.32 Å². The fourth-order valence-electron chi connectivity index (χ4n) is 5.71. The van der Waals surface area contributed by atoms with Crippen molar-refractivity contribution in [2.75, 3.05) is 6.54 Å². The normalized spacial score (nSPS) is 34.8. The first-order chi connectivity index (χ1) is 11.0. The first kappa shape index (κ1) is 15.7. The predicted molar refractivity (Wildman–Crippen MR) is 92.9 cm³/mol. The van der Waals surface area contributed by atoms with E-state index in [1.54, 1.807) is 0 Å². The Morgan fingerprint density at radius 3 is 2.43 bits per heavy atom. The van der Waals surface area contributed by atoms with E-state index in [0.717, 1.165) is 34.5 Å². The van der Waals surface area contributed by atoms with Crippen molar-refractivity contribution in [1.82, 2.24) is 15.1 Å². The number of halogens is 1. The van der Waals surface area contributed by atoms with E-state index in [2.05, 4.69) is 26.3 Å². The summed E-state index contributed by atoms with van der Waals surface area (Å²) < 4.78 is 2.86. The maximum absolute atomic E-state index is 12.2. The maximum atomic E-state index is 12.2. The molecule has 1 heterocycles. The van der Waals surface area contributed by atoms with Crippen LogP contribution in [-0.2, 0) is 11.3 Å². The number of aromatic nitrogens is 2. The third-order valence-corrected chi connectivity index (χ3v) is 7.06. The van der Waals surface area contributed by atoms with Crippen LogP contribution in [0.3, 0.4) is 0 Å². The summed E-state index contributed by atoms with van der Waals surface area (Å²) >= 11 is 3.46. The van der Waals surface area contributed by atoms with E-state index in [4.69, 9.17) is 0 Å². The summed E-state index contributed by atoms with van der Waals surface area (Å²) in [6, 6.07) is 0. The number of hydrogen-bond donors (Lipinski definition) is 1. The molecule has 23 heavy (non-hydrogen) atoms. The zero-order valence-corrected chi connectivity index (χ0v) is 15.4. The molecule has 4 saturated carbocycles. The van der Waals surface area contributed by atoms with Gasteiger partial charge in [-0.2, -0.15) is 5.10 Å². The average Bonchev–Trinajstić information content (AvgIpc) is 2.80. The van der Waals surface area contributed by atoms with Gasteiger partial charge in [0.1, 0.15) is 0 Å². The summed E-state index contributed by atoms with van der Waals surface area (Å²) in [4.78, 5) is 12.2. The van der Waals surface area contributed by atoms with Crippen molar-refractivity contribution in [3.05, 3.63) is 16.4 Å². The van der Waals surface area contributed by atoms with Gasteiger partial charge in [-0.15, -0.1) is 0 Å².